The van der Waals surface area contributed by atoms with Gasteiger partial charge in [0.25, 0.3) is 11.8 Å². The highest BCUT2D eigenvalue weighted by atomic mass is 32.2. The summed E-state index contributed by atoms with van der Waals surface area (Å²) in [5, 5.41) is 3.64. The van der Waals surface area contributed by atoms with Crippen LogP contribution in [0.2, 0.25) is 0 Å². The lowest BCUT2D eigenvalue weighted by atomic mass is 10.2. The van der Waals surface area contributed by atoms with Crippen LogP contribution in [0.3, 0.4) is 0 Å². The first kappa shape index (κ1) is 15.6. The maximum atomic E-state index is 12.7. The van der Waals surface area contributed by atoms with E-state index in [4.69, 9.17) is 4.52 Å². The van der Waals surface area contributed by atoms with E-state index >= 15 is 0 Å². The maximum Gasteiger partial charge on any atom is 0.266 e. The molecule has 0 N–H and O–H groups in total. The molecule has 1 aromatic heterocycles. The van der Waals surface area contributed by atoms with E-state index in [0.29, 0.717) is 44.4 Å². The SMILES string of the molecule is O=S(=O)([C@@H]1CCN(c2noc(-c3ccccc3)n2)C1)N1CCCC1. The Hall–Kier alpha value is -1.93. The van der Waals surface area contributed by atoms with E-state index < -0.39 is 10.0 Å². The van der Waals surface area contributed by atoms with Crippen molar-refractivity contribution >= 4 is 16.0 Å². The zero-order valence-corrected chi connectivity index (χ0v) is 14.2. The fraction of sp³-hybridized carbons (Fsp3) is 0.500. The summed E-state index contributed by atoms with van der Waals surface area (Å²) in [6.45, 7) is 2.36. The standard InChI is InChI=1S/C16H20N4O3S/c21-24(22,20-9-4-5-10-20)14-8-11-19(12-14)16-17-15(23-18-16)13-6-2-1-3-7-13/h1-3,6-7,14H,4-5,8-12H2/t14-/m1/s1. The molecule has 1 atom stereocenters. The van der Waals surface area contributed by atoms with E-state index in [0.717, 1.165) is 18.4 Å². The molecule has 1 aromatic carbocycles. The zero-order valence-electron chi connectivity index (χ0n) is 13.3. The van der Waals surface area contributed by atoms with Crippen molar-refractivity contribution < 1.29 is 12.9 Å². The van der Waals surface area contributed by atoms with Crippen molar-refractivity contribution in [3.63, 3.8) is 0 Å². The Morgan fingerprint density at radius 2 is 1.83 bits per heavy atom. The molecule has 0 bridgehead atoms. The Labute approximate surface area is 141 Å². The third kappa shape index (κ3) is 2.80. The molecule has 2 aliphatic rings. The largest absolute Gasteiger partial charge is 0.337 e. The maximum absolute atomic E-state index is 12.7. The Morgan fingerprint density at radius 1 is 1.08 bits per heavy atom. The molecular formula is C16H20N4O3S. The molecule has 0 saturated carbocycles. The smallest absolute Gasteiger partial charge is 0.266 e. The topological polar surface area (TPSA) is 79.5 Å². The average molecular weight is 348 g/mol. The summed E-state index contributed by atoms with van der Waals surface area (Å²) in [4.78, 5) is 6.31. The van der Waals surface area contributed by atoms with E-state index in [1.807, 2.05) is 35.2 Å². The van der Waals surface area contributed by atoms with Crippen LogP contribution in [-0.4, -0.2) is 54.3 Å². The van der Waals surface area contributed by atoms with Crippen LogP contribution in [-0.2, 0) is 10.0 Å². The van der Waals surface area contributed by atoms with Gasteiger partial charge in [-0.15, -0.1) is 0 Å². The molecular weight excluding hydrogens is 328 g/mol. The Balaban J connectivity index is 1.48. The number of hydrogen-bond donors (Lipinski definition) is 0. The third-order valence-electron chi connectivity index (χ3n) is 4.71. The number of anilines is 1. The monoisotopic (exact) mass is 348 g/mol. The van der Waals surface area contributed by atoms with Crippen LogP contribution in [0.1, 0.15) is 19.3 Å². The molecule has 0 amide bonds. The normalized spacial score (nSPS) is 22.3. The summed E-state index contributed by atoms with van der Waals surface area (Å²) < 4.78 is 32.3. The van der Waals surface area contributed by atoms with Crippen molar-refractivity contribution in [3.05, 3.63) is 30.3 Å². The van der Waals surface area contributed by atoms with Gasteiger partial charge in [0, 0.05) is 31.7 Å². The zero-order chi connectivity index (χ0) is 16.6. The summed E-state index contributed by atoms with van der Waals surface area (Å²) in [5.74, 6) is 0.921. The lowest BCUT2D eigenvalue weighted by molar-refractivity contribution is 0.430. The molecule has 4 rings (SSSR count). The van der Waals surface area contributed by atoms with Crippen LogP contribution in [0.4, 0.5) is 5.95 Å². The van der Waals surface area contributed by atoms with Crippen LogP contribution in [0, 0.1) is 0 Å². The number of hydrogen-bond acceptors (Lipinski definition) is 6. The van der Waals surface area contributed by atoms with Crippen LogP contribution >= 0.6 is 0 Å². The minimum atomic E-state index is -3.22. The summed E-state index contributed by atoms with van der Waals surface area (Å²) in [7, 11) is -3.22. The van der Waals surface area contributed by atoms with Crippen molar-refractivity contribution in [1.29, 1.82) is 0 Å². The summed E-state index contributed by atoms with van der Waals surface area (Å²) in [6, 6.07) is 9.56. The van der Waals surface area contributed by atoms with Crippen molar-refractivity contribution in [2.45, 2.75) is 24.5 Å². The molecule has 2 aromatic rings. The lowest BCUT2D eigenvalue weighted by Crippen LogP contribution is -2.38. The van der Waals surface area contributed by atoms with Gasteiger partial charge in [0.2, 0.25) is 10.0 Å². The fourth-order valence-corrected chi connectivity index (χ4v) is 5.31. The lowest BCUT2D eigenvalue weighted by Gasteiger charge is -2.20. The molecule has 0 radical (unpaired) electrons. The van der Waals surface area contributed by atoms with Crippen LogP contribution in [0.5, 0.6) is 0 Å². The Morgan fingerprint density at radius 3 is 2.58 bits per heavy atom. The second-order valence-corrected chi connectivity index (χ2v) is 8.49. The molecule has 128 valence electrons. The van der Waals surface area contributed by atoms with Crippen LogP contribution < -0.4 is 4.90 Å². The first-order chi connectivity index (χ1) is 11.6. The van der Waals surface area contributed by atoms with Crippen LogP contribution in [0.15, 0.2) is 34.9 Å². The highest BCUT2D eigenvalue weighted by Gasteiger charge is 2.39. The van der Waals surface area contributed by atoms with Crippen molar-refractivity contribution in [2.24, 2.45) is 0 Å². The molecule has 2 saturated heterocycles. The molecule has 0 spiro atoms. The number of benzene rings is 1. The average Bonchev–Trinajstić information content (AvgIpc) is 3.35. The molecule has 0 unspecified atom stereocenters. The van der Waals surface area contributed by atoms with Gasteiger partial charge in [0.05, 0.1) is 5.25 Å². The van der Waals surface area contributed by atoms with Gasteiger partial charge in [-0.3, -0.25) is 0 Å². The highest BCUT2D eigenvalue weighted by Crippen LogP contribution is 2.27. The van der Waals surface area contributed by atoms with Gasteiger partial charge in [-0.2, -0.15) is 4.98 Å². The summed E-state index contributed by atoms with van der Waals surface area (Å²) in [5.41, 5.74) is 0.858. The fourth-order valence-electron chi connectivity index (χ4n) is 3.35. The second kappa shape index (κ2) is 6.18. The number of sulfonamides is 1. The Bertz CT molecular complexity index is 800. The summed E-state index contributed by atoms with van der Waals surface area (Å²) in [6.07, 6.45) is 2.52. The van der Waals surface area contributed by atoms with E-state index in [2.05, 4.69) is 10.1 Å². The van der Waals surface area contributed by atoms with Crippen molar-refractivity contribution in [2.75, 3.05) is 31.1 Å². The predicted molar refractivity (Wildman–Crippen MR) is 90.1 cm³/mol. The first-order valence-corrected chi connectivity index (χ1v) is 9.78. The molecule has 2 aliphatic heterocycles. The van der Waals surface area contributed by atoms with Gasteiger partial charge in [0.15, 0.2) is 0 Å². The highest BCUT2D eigenvalue weighted by molar-refractivity contribution is 7.89. The predicted octanol–water partition coefficient (Wildman–Crippen LogP) is 1.74. The van der Waals surface area contributed by atoms with E-state index in [-0.39, 0.29) is 5.25 Å². The molecule has 0 aliphatic carbocycles. The van der Waals surface area contributed by atoms with E-state index in [9.17, 15) is 8.42 Å². The summed E-state index contributed by atoms with van der Waals surface area (Å²) >= 11 is 0. The van der Waals surface area contributed by atoms with Crippen molar-refractivity contribution in [1.82, 2.24) is 14.4 Å². The quantitative estimate of drug-likeness (QED) is 0.837. The number of nitrogens with zero attached hydrogens (tertiary/aromatic N) is 4. The van der Waals surface area contributed by atoms with Gasteiger partial charge < -0.3 is 9.42 Å². The van der Waals surface area contributed by atoms with Gasteiger partial charge in [0.1, 0.15) is 0 Å². The minimum Gasteiger partial charge on any atom is -0.337 e. The van der Waals surface area contributed by atoms with Gasteiger partial charge in [-0.25, -0.2) is 12.7 Å². The molecule has 7 nitrogen and oxygen atoms in total. The number of rotatable bonds is 4. The molecule has 3 heterocycles. The minimum absolute atomic E-state index is 0.380. The Kier molecular flexibility index (Phi) is 4.01. The molecule has 2 fully saturated rings. The number of aromatic nitrogens is 2. The van der Waals surface area contributed by atoms with E-state index in [1.165, 1.54) is 0 Å². The first-order valence-electron chi connectivity index (χ1n) is 8.27. The van der Waals surface area contributed by atoms with Crippen molar-refractivity contribution in [3.8, 4) is 11.5 Å². The van der Waals surface area contributed by atoms with Gasteiger partial charge in [-0.05, 0) is 36.6 Å². The molecule has 8 heteroatoms. The third-order valence-corrected chi connectivity index (χ3v) is 7.02. The van der Waals surface area contributed by atoms with Crippen LogP contribution in [0.25, 0.3) is 11.5 Å². The van der Waals surface area contributed by atoms with E-state index in [1.54, 1.807) is 4.31 Å². The van der Waals surface area contributed by atoms with Gasteiger partial charge >= 0.3 is 0 Å². The van der Waals surface area contributed by atoms with Gasteiger partial charge in [-0.1, -0.05) is 18.2 Å². The second-order valence-electron chi connectivity index (χ2n) is 6.27. The molecule has 24 heavy (non-hydrogen) atoms.